The van der Waals surface area contributed by atoms with Gasteiger partial charge in [-0.3, -0.25) is 0 Å². The van der Waals surface area contributed by atoms with Crippen LogP contribution in [-0.2, 0) is 5.41 Å². The summed E-state index contributed by atoms with van der Waals surface area (Å²) in [6.45, 7) is 0. The highest BCUT2D eigenvalue weighted by atomic mass is 32.1. The van der Waals surface area contributed by atoms with Crippen LogP contribution in [0.4, 0.5) is 11.4 Å². The molecule has 2 atom stereocenters. The van der Waals surface area contributed by atoms with E-state index in [9.17, 15) is 0 Å². The van der Waals surface area contributed by atoms with E-state index >= 15 is 0 Å². The molecular weight excluding hydrogens is 793 g/mol. The fourth-order valence-electron chi connectivity index (χ4n) is 11.7. The Hall–Kier alpha value is -7.72. The van der Waals surface area contributed by atoms with Gasteiger partial charge in [-0.1, -0.05) is 182 Å². The third-order valence-electron chi connectivity index (χ3n) is 14.3. The molecule has 0 fully saturated rings. The summed E-state index contributed by atoms with van der Waals surface area (Å²) in [5.41, 5.74) is 18.5. The molecule has 2 unspecified atom stereocenters. The normalized spacial score (nSPS) is 16.9. The van der Waals surface area contributed by atoms with Crippen molar-refractivity contribution in [3.05, 3.63) is 258 Å². The van der Waals surface area contributed by atoms with Gasteiger partial charge in [0.25, 0.3) is 0 Å². The molecule has 1 spiro atoms. The van der Waals surface area contributed by atoms with Crippen molar-refractivity contribution in [2.45, 2.75) is 17.8 Å². The van der Waals surface area contributed by atoms with Gasteiger partial charge in [-0.2, -0.15) is 0 Å². The Morgan fingerprint density at radius 2 is 1.19 bits per heavy atom. The number of nitrogens with zero attached hydrogens (tertiary/aromatic N) is 2. The Morgan fingerprint density at radius 3 is 2.06 bits per heavy atom. The zero-order chi connectivity index (χ0) is 41.9. The number of hydrogen-bond donors (Lipinski definition) is 0. The summed E-state index contributed by atoms with van der Waals surface area (Å²) in [5, 5.41) is 5.28. The summed E-state index contributed by atoms with van der Waals surface area (Å²) in [7, 11) is 0. The van der Waals surface area contributed by atoms with E-state index in [1.165, 1.54) is 109 Å². The molecule has 0 N–H and O–H groups in total. The van der Waals surface area contributed by atoms with Crippen molar-refractivity contribution in [2.75, 3.05) is 4.90 Å². The van der Waals surface area contributed by atoms with E-state index in [1.54, 1.807) is 0 Å². The Balaban J connectivity index is 0.988. The molecule has 14 rings (SSSR count). The number of rotatable bonds is 5. The number of hydrogen-bond acceptors (Lipinski definition) is 2. The highest BCUT2D eigenvalue weighted by molar-refractivity contribution is 7.26. The topological polar surface area (TPSA) is 8.17 Å². The first-order valence-electron chi connectivity index (χ1n) is 22.4. The third-order valence-corrected chi connectivity index (χ3v) is 15.6. The Kier molecular flexibility index (Phi) is 7.64. The summed E-state index contributed by atoms with van der Waals surface area (Å²) in [6, 6.07) is 76.9. The number of allylic oxidation sites excluding steroid dienone is 3. The SMILES string of the molecule is C1=CC(c2cccc3c2sc2ccccc23)CC=C1N(c1ccc(-c2ccccc2)cc1)c1cccc2c1-c1ccccc1C21c2ccccc2-n2c3ccccc3c3cccc1c32. The summed E-state index contributed by atoms with van der Waals surface area (Å²) < 4.78 is 5.27. The van der Waals surface area contributed by atoms with Crippen LogP contribution in [0.5, 0.6) is 0 Å². The summed E-state index contributed by atoms with van der Waals surface area (Å²) >= 11 is 1.92. The van der Waals surface area contributed by atoms with Crippen molar-refractivity contribution in [1.29, 1.82) is 0 Å². The van der Waals surface area contributed by atoms with Crippen molar-refractivity contribution in [3.8, 4) is 27.9 Å². The number of para-hydroxylation sites is 3. The second-order valence-electron chi connectivity index (χ2n) is 17.5. The molecule has 1 aliphatic heterocycles. The molecular formula is C61H40N2S. The van der Waals surface area contributed by atoms with Gasteiger partial charge in [-0.15, -0.1) is 11.3 Å². The molecule has 300 valence electrons. The number of anilines is 2. The summed E-state index contributed by atoms with van der Waals surface area (Å²) in [5.74, 6) is 0.277. The molecule has 2 nitrogen and oxygen atoms in total. The first kappa shape index (κ1) is 35.8. The molecule has 2 aromatic heterocycles. The molecule has 3 heterocycles. The van der Waals surface area contributed by atoms with Gasteiger partial charge in [0.1, 0.15) is 0 Å². The first-order chi connectivity index (χ1) is 31.8. The van der Waals surface area contributed by atoms with Crippen LogP contribution in [-0.4, -0.2) is 4.57 Å². The van der Waals surface area contributed by atoms with E-state index in [0.717, 1.165) is 12.1 Å². The summed E-state index contributed by atoms with van der Waals surface area (Å²) in [4.78, 5) is 2.53. The number of benzene rings is 9. The molecule has 64 heavy (non-hydrogen) atoms. The van der Waals surface area contributed by atoms with E-state index in [2.05, 4.69) is 234 Å². The highest BCUT2D eigenvalue weighted by Gasteiger charge is 2.51. The van der Waals surface area contributed by atoms with Crippen molar-refractivity contribution in [1.82, 2.24) is 4.57 Å². The molecule has 0 amide bonds. The lowest BCUT2D eigenvalue weighted by atomic mass is 9.65. The molecule has 3 heteroatoms. The molecule has 11 aromatic rings. The number of thiophene rings is 1. The molecule has 2 aliphatic carbocycles. The maximum absolute atomic E-state index is 2.53. The quantitative estimate of drug-likeness (QED) is 0.168. The average Bonchev–Trinajstić information content (AvgIpc) is 4.02. The smallest absolute Gasteiger partial charge is 0.0755 e. The van der Waals surface area contributed by atoms with Crippen LogP contribution in [0, 0.1) is 0 Å². The number of fused-ring (bicyclic) bond motifs is 15. The lowest BCUT2D eigenvalue weighted by molar-refractivity contribution is 0.748. The van der Waals surface area contributed by atoms with Crippen molar-refractivity contribution >= 4 is 64.7 Å². The van der Waals surface area contributed by atoms with Gasteiger partial charge in [0.2, 0.25) is 0 Å². The van der Waals surface area contributed by atoms with E-state index in [-0.39, 0.29) is 5.92 Å². The molecule has 3 aliphatic rings. The Morgan fingerprint density at radius 1 is 0.516 bits per heavy atom. The predicted molar refractivity (Wildman–Crippen MR) is 270 cm³/mol. The maximum atomic E-state index is 2.53. The van der Waals surface area contributed by atoms with Crippen molar-refractivity contribution in [3.63, 3.8) is 0 Å². The van der Waals surface area contributed by atoms with Crippen LogP contribution in [0.1, 0.15) is 40.2 Å². The fourth-order valence-corrected chi connectivity index (χ4v) is 13.0. The van der Waals surface area contributed by atoms with Gasteiger partial charge >= 0.3 is 0 Å². The van der Waals surface area contributed by atoms with E-state index < -0.39 is 5.41 Å². The second-order valence-corrected chi connectivity index (χ2v) is 18.5. The summed E-state index contributed by atoms with van der Waals surface area (Å²) in [6.07, 6.45) is 8.23. The highest BCUT2D eigenvalue weighted by Crippen LogP contribution is 2.63. The zero-order valence-corrected chi connectivity index (χ0v) is 35.8. The number of aromatic nitrogens is 1. The van der Waals surface area contributed by atoms with Gasteiger partial charge < -0.3 is 9.47 Å². The van der Waals surface area contributed by atoms with Crippen LogP contribution in [0.2, 0.25) is 0 Å². The molecule has 9 aromatic carbocycles. The minimum atomic E-state index is -0.532. The standard InChI is InChI=1S/C61H40N2S/c1-2-15-39(16-3-1)40-31-35-42(36-32-40)62(43-37-33-41(34-38-43)44-20-12-22-48-46-18-6-11-30-57(46)64-60(44)48)56-29-14-25-52-58(56)49-19-4-7-23-50(49)61(52)51-24-8-10-28-55(51)63-54-27-9-5-17-45(54)47-21-13-26-53(61)59(47)63/h1-33,35-38,41H,34H2. The van der Waals surface area contributed by atoms with Crippen LogP contribution in [0.15, 0.2) is 230 Å². The van der Waals surface area contributed by atoms with Crippen LogP contribution >= 0.6 is 11.3 Å². The minimum Gasteiger partial charge on any atom is -0.310 e. The Bertz CT molecular complexity index is 3770. The molecule has 0 bridgehead atoms. The monoisotopic (exact) mass is 832 g/mol. The van der Waals surface area contributed by atoms with Crippen LogP contribution in [0.3, 0.4) is 0 Å². The van der Waals surface area contributed by atoms with Gasteiger partial charge in [-0.25, -0.2) is 0 Å². The third kappa shape index (κ3) is 4.85. The Labute approximate surface area is 375 Å². The molecule has 0 radical (unpaired) electrons. The lowest BCUT2D eigenvalue weighted by Crippen LogP contribution is -2.33. The maximum Gasteiger partial charge on any atom is 0.0755 e. The van der Waals surface area contributed by atoms with Crippen molar-refractivity contribution in [2.24, 2.45) is 0 Å². The second kappa shape index (κ2) is 13.6. The van der Waals surface area contributed by atoms with Crippen molar-refractivity contribution < 1.29 is 0 Å². The van der Waals surface area contributed by atoms with Gasteiger partial charge in [-0.05, 0) is 93.4 Å². The van der Waals surface area contributed by atoms with E-state index in [0.29, 0.717) is 0 Å². The van der Waals surface area contributed by atoms with Gasteiger partial charge in [0.05, 0.1) is 27.8 Å². The first-order valence-corrected chi connectivity index (χ1v) is 23.2. The van der Waals surface area contributed by atoms with E-state index in [4.69, 9.17) is 0 Å². The molecule has 0 saturated carbocycles. The van der Waals surface area contributed by atoms with Crippen LogP contribution in [0.25, 0.3) is 69.9 Å². The van der Waals surface area contributed by atoms with Gasteiger partial charge in [0, 0.05) is 53.8 Å². The minimum absolute atomic E-state index is 0.277. The largest absolute Gasteiger partial charge is 0.310 e. The van der Waals surface area contributed by atoms with E-state index in [1.807, 2.05) is 11.3 Å². The predicted octanol–water partition coefficient (Wildman–Crippen LogP) is 16.3. The van der Waals surface area contributed by atoms with Crippen LogP contribution < -0.4 is 4.90 Å². The average molecular weight is 833 g/mol. The fraction of sp³-hybridized carbons (Fsp3) is 0.0492. The zero-order valence-electron chi connectivity index (χ0n) is 34.9. The molecule has 0 saturated heterocycles. The lowest BCUT2D eigenvalue weighted by Gasteiger charge is -2.39. The van der Waals surface area contributed by atoms with Gasteiger partial charge in [0.15, 0.2) is 0 Å².